The Hall–Kier alpha value is -1.70. The van der Waals surface area contributed by atoms with Crippen molar-refractivity contribution in [1.29, 1.82) is 0 Å². The summed E-state index contributed by atoms with van der Waals surface area (Å²) < 4.78 is 29.1. The minimum atomic E-state index is -3.38. The molecule has 0 aliphatic carbocycles. The summed E-state index contributed by atoms with van der Waals surface area (Å²) in [6, 6.07) is 7.07. The van der Waals surface area contributed by atoms with Crippen LogP contribution in [-0.4, -0.2) is 59.9 Å². The maximum absolute atomic E-state index is 12.7. The lowest BCUT2D eigenvalue weighted by Crippen LogP contribution is -2.49. The molecular weight excluding hydrogens is 324 g/mol. The predicted molar refractivity (Wildman–Crippen MR) is 93.3 cm³/mol. The van der Waals surface area contributed by atoms with Crippen molar-refractivity contribution in [3.05, 3.63) is 48.0 Å². The SMILES string of the molecule is Cc1ccc(S(=O)(=O)N2CCN(CCn3ccnc3C)CC2)cc1. The number of aryl methyl sites for hydroxylation is 2. The normalized spacial score (nSPS) is 17.2. The summed E-state index contributed by atoms with van der Waals surface area (Å²) in [6.07, 6.45) is 3.79. The summed E-state index contributed by atoms with van der Waals surface area (Å²) in [6.45, 7) is 8.35. The fourth-order valence-corrected chi connectivity index (χ4v) is 4.36. The van der Waals surface area contributed by atoms with Gasteiger partial charge < -0.3 is 4.57 Å². The molecule has 1 aromatic heterocycles. The molecule has 2 heterocycles. The van der Waals surface area contributed by atoms with E-state index in [9.17, 15) is 8.42 Å². The first-order chi connectivity index (χ1) is 11.5. The maximum Gasteiger partial charge on any atom is 0.243 e. The number of benzene rings is 1. The number of sulfonamides is 1. The Bertz CT molecular complexity index is 775. The van der Waals surface area contributed by atoms with Crippen LogP contribution in [-0.2, 0) is 16.6 Å². The Kier molecular flexibility index (Phi) is 5.03. The number of hydrogen-bond donors (Lipinski definition) is 0. The van der Waals surface area contributed by atoms with Crippen molar-refractivity contribution in [2.24, 2.45) is 0 Å². The van der Waals surface area contributed by atoms with Crippen LogP contribution in [0.25, 0.3) is 0 Å². The Labute approximate surface area is 143 Å². The van der Waals surface area contributed by atoms with E-state index >= 15 is 0 Å². The highest BCUT2D eigenvalue weighted by molar-refractivity contribution is 7.89. The van der Waals surface area contributed by atoms with E-state index in [0.717, 1.165) is 37.6 Å². The second kappa shape index (κ2) is 7.04. The third kappa shape index (κ3) is 3.68. The van der Waals surface area contributed by atoms with Gasteiger partial charge in [-0.25, -0.2) is 13.4 Å². The Morgan fingerprint density at radius 2 is 1.67 bits per heavy atom. The lowest BCUT2D eigenvalue weighted by molar-refractivity contribution is 0.182. The number of imidazole rings is 1. The zero-order valence-electron chi connectivity index (χ0n) is 14.2. The van der Waals surface area contributed by atoms with E-state index < -0.39 is 10.0 Å². The number of rotatable bonds is 5. The van der Waals surface area contributed by atoms with Crippen LogP contribution in [0.4, 0.5) is 0 Å². The summed E-state index contributed by atoms with van der Waals surface area (Å²) in [4.78, 5) is 6.91. The van der Waals surface area contributed by atoms with Crippen molar-refractivity contribution in [3.63, 3.8) is 0 Å². The monoisotopic (exact) mass is 348 g/mol. The molecule has 2 aromatic rings. The van der Waals surface area contributed by atoms with Crippen LogP contribution in [0.15, 0.2) is 41.6 Å². The predicted octanol–water partition coefficient (Wildman–Crippen LogP) is 1.51. The van der Waals surface area contributed by atoms with Gasteiger partial charge in [-0.1, -0.05) is 17.7 Å². The van der Waals surface area contributed by atoms with Crippen LogP contribution in [0.2, 0.25) is 0 Å². The standard InChI is InChI=1S/C17H24N4O2S/c1-15-3-5-17(6-4-15)24(22,23)21-13-10-19(11-14-21)9-12-20-8-7-18-16(20)2/h3-8H,9-14H2,1-2H3. The van der Waals surface area contributed by atoms with Crippen LogP contribution < -0.4 is 0 Å². The van der Waals surface area contributed by atoms with Crippen molar-refractivity contribution < 1.29 is 8.42 Å². The van der Waals surface area contributed by atoms with Gasteiger partial charge in [-0.2, -0.15) is 4.31 Å². The molecule has 0 amide bonds. The molecule has 0 N–H and O–H groups in total. The van der Waals surface area contributed by atoms with Crippen molar-refractivity contribution in [2.75, 3.05) is 32.7 Å². The van der Waals surface area contributed by atoms with E-state index in [-0.39, 0.29) is 0 Å². The first-order valence-corrected chi connectivity index (χ1v) is 9.68. The molecule has 1 aromatic carbocycles. The van der Waals surface area contributed by atoms with E-state index in [1.807, 2.05) is 32.2 Å². The second-order valence-corrected chi connectivity index (χ2v) is 8.16. The second-order valence-electron chi connectivity index (χ2n) is 6.23. The topological polar surface area (TPSA) is 58.4 Å². The van der Waals surface area contributed by atoms with Crippen LogP contribution in [0.3, 0.4) is 0 Å². The largest absolute Gasteiger partial charge is 0.334 e. The molecule has 7 heteroatoms. The van der Waals surface area contributed by atoms with E-state index in [1.165, 1.54) is 0 Å². The highest BCUT2D eigenvalue weighted by Crippen LogP contribution is 2.18. The summed E-state index contributed by atoms with van der Waals surface area (Å²) in [5.74, 6) is 1.01. The van der Waals surface area contributed by atoms with Gasteiger partial charge in [-0.15, -0.1) is 0 Å². The molecule has 130 valence electrons. The van der Waals surface area contributed by atoms with Crippen LogP contribution in [0, 0.1) is 13.8 Å². The highest BCUT2D eigenvalue weighted by Gasteiger charge is 2.28. The zero-order chi connectivity index (χ0) is 17.2. The lowest BCUT2D eigenvalue weighted by atomic mass is 10.2. The van der Waals surface area contributed by atoms with E-state index in [1.54, 1.807) is 22.6 Å². The van der Waals surface area contributed by atoms with Gasteiger partial charge in [0, 0.05) is 51.7 Å². The smallest absolute Gasteiger partial charge is 0.243 e. The van der Waals surface area contributed by atoms with Crippen LogP contribution in [0.5, 0.6) is 0 Å². The van der Waals surface area contributed by atoms with Crippen molar-refractivity contribution in [3.8, 4) is 0 Å². The summed E-state index contributed by atoms with van der Waals surface area (Å²) in [5.41, 5.74) is 1.06. The maximum atomic E-state index is 12.7. The number of nitrogens with zero attached hydrogens (tertiary/aromatic N) is 4. The third-order valence-corrected chi connectivity index (χ3v) is 6.48. The molecule has 0 unspecified atom stereocenters. The molecule has 1 saturated heterocycles. The molecule has 0 saturated carbocycles. The van der Waals surface area contributed by atoms with E-state index in [2.05, 4.69) is 14.5 Å². The van der Waals surface area contributed by atoms with Gasteiger partial charge in [-0.3, -0.25) is 4.90 Å². The summed E-state index contributed by atoms with van der Waals surface area (Å²) >= 11 is 0. The van der Waals surface area contributed by atoms with E-state index in [4.69, 9.17) is 0 Å². The van der Waals surface area contributed by atoms with Crippen LogP contribution >= 0.6 is 0 Å². The first-order valence-electron chi connectivity index (χ1n) is 8.24. The fraction of sp³-hybridized carbons (Fsp3) is 0.471. The van der Waals surface area contributed by atoms with Gasteiger partial charge in [0.05, 0.1) is 4.90 Å². The van der Waals surface area contributed by atoms with Gasteiger partial charge in [0.25, 0.3) is 0 Å². The number of piperazine rings is 1. The van der Waals surface area contributed by atoms with E-state index in [0.29, 0.717) is 18.0 Å². The molecular formula is C17H24N4O2S. The summed E-state index contributed by atoms with van der Waals surface area (Å²) in [5, 5.41) is 0. The molecule has 0 atom stereocenters. The zero-order valence-corrected chi connectivity index (χ0v) is 15.0. The molecule has 1 aliphatic heterocycles. The molecule has 6 nitrogen and oxygen atoms in total. The minimum absolute atomic E-state index is 0.385. The fourth-order valence-electron chi connectivity index (χ4n) is 2.94. The Morgan fingerprint density at radius 1 is 1.00 bits per heavy atom. The summed E-state index contributed by atoms with van der Waals surface area (Å²) in [7, 11) is -3.38. The average molecular weight is 348 g/mol. The first kappa shape index (κ1) is 17.1. The molecule has 0 bridgehead atoms. The average Bonchev–Trinajstić information content (AvgIpc) is 2.99. The molecule has 24 heavy (non-hydrogen) atoms. The van der Waals surface area contributed by atoms with Crippen molar-refractivity contribution >= 4 is 10.0 Å². The Morgan fingerprint density at radius 3 is 2.25 bits per heavy atom. The molecule has 1 aliphatic rings. The number of hydrogen-bond acceptors (Lipinski definition) is 4. The molecule has 0 spiro atoms. The van der Waals surface area contributed by atoms with Crippen molar-refractivity contribution in [1.82, 2.24) is 18.8 Å². The van der Waals surface area contributed by atoms with Crippen LogP contribution in [0.1, 0.15) is 11.4 Å². The quantitative estimate of drug-likeness (QED) is 0.822. The molecule has 3 rings (SSSR count). The third-order valence-electron chi connectivity index (χ3n) is 4.57. The molecule has 1 fully saturated rings. The minimum Gasteiger partial charge on any atom is -0.334 e. The van der Waals surface area contributed by atoms with Gasteiger partial charge in [-0.05, 0) is 26.0 Å². The lowest BCUT2D eigenvalue weighted by Gasteiger charge is -2.34. The van der Waals surface area contributed by atoms with Gasteiger partial charge in [0.15, 0.2) is 0 Å². The van der Waals surface area contributed by atoms with Gasteiger partial charge in [0.2, 0.25) is 10.0 Å². The Balaban J connectivity index is 1.56. The van der Waals surface area contributed by atoms with Crippen molar-refractivity contribution in [2.45, 2.75) is 25.3 Å². The highest BCUT2D eigenvalue weighted by atomic mass is 32.2. The molecule has 0 radical (unpaired) electrons. The number of aromatic nitrogens is 2. The van der Waals surface area contributed by atoms with Gasteiger partial charge >= 0.3 is 0 Å². The van der Waals surface area contributed by atoms with Gasteiger partial charge in [0.1, 0.15) is 5.82 Å².